The summed E-state index contributed by atoms with van der Waals surface area (Å²) in [7, 11) is 0. The third-order valence-corrected chi connectivity index (χ3v) is 7.10. The molecule has 0 bridgehead atoms. The number of carbonyl (C=O) groups is 4. The molecular formula is C20H26N2O6S2. The first-order valence-electron chi connectivity index (χ1n) is 10.1. The zero-order valence-corrected chi connectivity index (χ0v) is 18.8. The maximum absolute atomic E-state index is 12.5. The Morgan fingerprint density at radius 1 is 1.27 bits per heavy atom. The number of esters is 2. The molecular weight excluding hydrogens is 428 g/mol. The number of anilines is 1. The highest BCUT2D eigenvalue weighted by Gasteiger charge is 2.29. The zero-order chi connectivity index (χ0) is 21.7. The second-order valence-corrected chi connectivity index (χ2v) is 9.49. The van der Waals surface area contributed by atoms with Gasteiger partial charge in [0, 0.05) is 23.7 Å². The fraction of sp³-hybridized carbons (Fsp3) is 0.600. The first kappa shape index (κ1) is 22.6. The molecule has 1 atom stereocenters. The van der Waals surface area contributed by atoms with Crippen LogP contribution in [0, 0.1) is 5.92 Å². The Balaban J connectivity index is 1.57. The number of hydrogen-bond donors (Lipinski definition) is 1. The van der Waals surface area contributed by atoms with E-state index in [0.29, 0.717) is 23.0 Å². The van der Waals surface area contributed by atoms with E-state index in [2.05, 4.69) is 12.2 Å². The summed E-state index contributed by atoms with van der Waals surface area (Å²) >= 11 is 2.62. The Bertz CT molecular complexity index is 838. The van der Waals surface area contributed by atoms with Crippen LogP contribution in [0.4, 0.5) is 9.80 Å². The Morgan fingerprint density at radius 2 is 2.07 bits per heavy atom. The number of hydrogen-bond acceptors (Lipinski definition) is 8. The molecule has 0 aromatic carbocycles. The van der Waals surface area contributed by atoms with Gasteiger partial charge < -0.3 is 19.7 Å². The van der Waals surface area contributed by atoms with Crippen molar-refractivity contribution in [3.8, 4) is 0 Å². The van der Waals surface area contributed by atoms with Gasteiger partial charge in [-0.15, -0.1) is 11.3 Å². The van der Waals surface area contributed by atoms with Crippen molar-refractivity contribution in [1.82, 2.24) is 4.90 Å². The van der Waals surface area contributed by atoms with Crippen molar-refractivity contribution < 1.29 is 28.7 Å². The average Bonchev–Trinajstić information content (AvgIpc) is 3.27. The van der Waals surface area contributed by atoms with Crippen molar-refractivity contribution in [2.24, 2.45) is 5.92 Å². The number of rotatable bonds is 8. The van der Waals surface area contributed by atoms with Crippen LogP contribution in [0.3, 0.4) is 0 Å². The lowest BCUT2D eigenvalue weighted by atomic mass is 9.88. The van der Waals surface area contributed by atoms with Crippen LogP contribution < -0.4 is 5.32 Å². The summed E-state index contributed by atoms with van der Waals surface area (Å²) in [6.45, 7) is 4.63. The standard InChI is InChI=1S/C20H26N2O6S2/c1-3-27-19(25)17-13-5-4-12(2)10-14(13)30-18(17)21-15(23)11-28-16(24)6-7-22-8-9-29-20(22)26/h12H,3-11H2,1-2H3,(H,21,23). The molecule has 2 amide bonds. The number of thioether (sulfide) groups is 1. The van der Waals surface area contributed by atoms with Gasteiger partial charge in [0.1, 0.15) is 5.00 Å². The fourth-order valence-electron chi connectivity index (χ4n) is 3.49. The van der Waals surface area contributed by atoms with Gasteiger partial charge in [-0.25, -0.2) is 4.79 Å². The predicted octanol–water partition coefficient (Wildman–Crippen LogP) is 3.09. The highest BCUT2D eigenvalue weighted by molar-refractivity contribution is 8.13. The molecule has 3 rings (SSSR count). The van der Waals surface area contributed by atoms with E-state index in [1.54, 1.807) is 11.8 Å². The smallest absolute Gasteiger partial charge is 0.341 e. The Hall–Kier alpha value is -2.07. The van der Waals surface area contributed by atoms with Crippen LogP contribution in [0.15, 0.2) is 0 Å². The summed E-state index contributed by atoms with van der Waals surface area (Å²) in [5, 5.41) is 3.13. The number of nitrogens with zero attached hydrogens (tertiary/aromatic N) is 1. The highest BCUT2D eigenvalue weighted by atomic mass is 32.2. The van der Waals surface area contributed by atoms with E-state index in [1.165, 1.54) is 23.1 Å². The van der Waals surface area contributed by atoms with E-state index in [4.69, 9.17) is 9.47 Å². The molecule has 1 saturated heterocycles. The van der Waals surface area contributed by atoms with Gasteiger partial charge in [0.25, 0.3) is 11.1 Å². The minimum Gasteiger partial charge on any atom is -0.462 e. The van der Waals surface area contributed by atoms with Crippen molar-refractivity contribution in [2.75, 3.05) is 37.4 Å². The van der Waals surface area contributed by atoms with Crippen molar-refractivity contribution >= 4 is 51.2 Å². The number of fused-ring (bicyclic) bond motifs is 1. The minimum absolute atomic E-state index is 0.0389. The molecule has 30 heavy (non-hydrogen) atoms. The molecule has 164 valence electrons. The second kappa shape index (κ2) is 10.3. The summed E-state index contributed by atoms with van der Waals surface area (Å²) in [5.74, 6) is -0.238. The van der Waals surface area contributed by atoms with Gasteiger partial charge in [-0.05, 0) is 37.7 Å². The van der Waals surface area contributed by atoms with Gasteiger partial charge in [0.15, 0.2) is 6.61 Å². The van der Waals surface area contributed by atoms with E-state index in [0.717, 1.165) is 35.5 Å². The van der Waals surface area contributed by atoms with Crippen LogP contribution in [-0.2, 0) is 31.9 Å². The lowest BCUT2D eigenvalue weighted by Gasteiger charge is -2.18. The average molecular weight is 455 g/mol. The van der Waals surface area contributed by atoms with Crippen molar-refractivity contribution in [3.63, 3.8) is 0 Å². The Labute approximate surface area is 183 Å². The van der Waals surface area contributed by atoms with Crippen LogP contribution in [-0.4, -0.2) is 60.0 Å². The number of carbonyl (C=O) groups excluding carboxylic acids is 4. The third kappa shape index (κ3) is 5.54. The van der Waals surface area contributed by atoms with Gasteiger partial charge in [-0.2, -0.15) is 0 Å². The predicted molar refractivity (Wildman–Crippen MR) is 115 cm³/mol. The molecule has 0 spiro atoms. The third-order valence-electron chi connectivity index (χ3n) is 5.04. The zero-order valence-electron chi connectivity index (χ0n) is 17.2. The molecule has 8 nitrogen and oxygen atoms in total. The maximum Gasteiger partial charge on any atom is 0.341 e. The quantitative estimate of drug-likeness (QED) is 0.602. The second-order valence-electron chi connectivity index (χ2n) is 7.34. The molecule has 1 aromatic heterocycles. The minimum atomic E-state index is -0.542. The first-order chi connectivity index (χ1) is 14.4. The van der Waals surface area contributed by atoms with Gasteiger partial charge in [0.2, 0.25) is 0 Å². The van der Waals surface area contributed by atoms with Crippen molar-refractivity contribution in [3.05, 3.63) is 16.0 Å². The van der Waals surface area contributed by atoms with Gasteiger partial charge >= 0.3 is 11.9 Å². The van der Waals surface area contributed by atoms with Crippen molar-refractivity contribution in [1.29, 1.82) is 0 Å². The maximum atomic E-state index is 12.5. The number of thiophene rings is 1. The van der Waals surface area contributed by atoms with Crippen LogP contribution >= 0.6 is 23.1 Å². The molecule has 2 aliphatic rings. The van der Waals surface area contributed by atoms with E-state index >= 15 is 0 Å². The molecule has 1 aliphatic carbocycles. The molecule has 1 aromatic rings. The summed E-state index contributed by atoms with van der Waals surface area (Å²) in [4.78, 5) is 50.9. The SMILES string of the molecule is CCOC(=O)c1c(NC(=O)COC(=O)CCN2CCSC2=O)sc2c1CCC(C)C2. The van der Waals surface area contributed by atoms with E-state index in [1.807, 2.05) is 0 Å². The highest BCUT2D eigenvalue weighted by Crippen LogP contribution is 2.40. The fourth-order valence-corrected chi connectivity index (χ4v) is 5.76. The number of ether oxygens (including phenoxy) is 2. The lowest BCUT2D eigenvalue weighted by Crippen LogP contribution is -2.28. The molecule has 1 fully saturated rings. The first-order valence-corrected chi connectivity index (χ1v) is 11.9. The molecule has 0 radical (unpaired) electrons. The van der Waals surface area contributed by atoms with Gasteiger partial charge in [-0.1, -0.05) is 18.7 Å². The molecule has 2 heterocycles. The van der Waals surface area contributed by atoms with Crippen molar-refractivity contribution in [2.45, 2.75) is 39.5 Å². The van der Waals surface area contributed by atoms with Crippen LogP contribution in [0.1, 0.15) is 47.5 Å². The Morgan fingerprint density at radius 3 is 2.77 bits per heavy atom. The summed E-state index contributed by atoms with van der Waals surface area (Å²) in [6, 6.07) is 0. The monoisotopic (exact) mass is 454 g/mol. The molecule has 1 aliphatic heterocycles. The lowest BCUT2D eigenvalue weighted by molar-refractivity contribution is -0.147. The topological polar surface area (TPSA) is 102 Å². The number of amides is 2. The van der Waals surface area contributed by atoms with E-state index in [9.17, 15) is 19.2 Å². The summed E-state index contributed by atoms with van der Waals surface area (Å²) in [5.41, 5.74) is 1.38. The Kier molecular flexibility index (Phi) is 7.76. The number of nitrogens with one attached hydrogen (secondary N) is 1. The van der Waals surface area contributed by atoms with Crippen LogP contribution in [0.25, 0.3) is 0 Å². The van der Waals surface area contributed by atoms with E-state index in [-0.39, 0.29) is 24.8 Å². The van der Waals surface area contributed by atoms with Gasteiger partial charge in [-0.3, -0.25) is 14.4 Å². The van der Waals surface area contributed by atoms with Crippen LogP contribution in [0.2, 0.25) is 0 Å². The largest absolute Gasteiger partial charge is 0.462 e. The molecule has 1 N–H and O–H groups in total. The molecule has 10 heteroatoms. The normalized spacial score (nSPS) is 18.1. The van der Waals surface area contributed by atoms with Crippen LogP contribution in [0.5, 0.6) is 0 Å². The summed E-state index contributed by atoms with van der Waals surface area (Å²) < 4.78 is 10.2. The molecule has 0 saturated carbocycles. The summed E-state index contributed by atoms with van der Waals surface area (Å²) in [6.07, 6.45) is 2.67. The van der Waals surface area contributed by atoms with Gasteiger partial charge in [0.05, 0.1) is 18.6 Å². The van der Waals surface area contributed by atoms with E-state index < -0.39 is 24.5 Å². The molecule has 1 unspecified atom stereocenters.